The van der Waals surface area contributed by atoms with E-state index >= 15 is 0 Å². The smallest absolute Gasteiger partial charge is 0.164 e. The quantitative estimate of drug-likeness (QED) is 0.139. The Hall–Kier alpha value is -12.8. The van der Waals surface area contributed by atoms with Crippen molar-refractivity contribution >= 4 is 65.4 Å². The Labute approximate surface area is 577 Å². The molecule has 2 aliphatic rings. The zero-order valence-corrected chi connectivity index (χ0v) is 55.4. The maximum absolute atomic E-state index is 6.61. The Balaban J connectivity index is 0.000000140. The average molecular weight is 1280 g/mol. The van der Waals surface area contributed by atoms with Crippen molar-refractivity contribution in [2.75, 3.05) is 0 Å². The molecule has 8 heteroatoms. The van der Waals surface area contributed by atoms with Gasteiger partial charge in [0.05, 0.1) is 0 Å². The zero-order chi connectivity index (χ0) is 66.8. The largest absolute Gasteiger partial charge is 0.456 e. The van der Waals surface area contributed by atoms with Gasteiger partial charge in [0.25, 0.3) is 0 Å². The fourth-order valence-electron chi connectivity index (χ4n) is 15.5. The number of hydrogen-bond donors (Lipinski definition) is 0. The van der Waals surface area contributed by atoms with Crippen LogP contribution in [0.2, 0.25) is 0 Å². The molecule has 20 rings (SSSR count). The van der Waals surface area contributed by atoms with E-state index in [-0.39, 0.29) is 10.8 Å². The third kappa shape index (κ3) is 9.73. The van der Waals surface area contributed by atoms with Crippen LogP contribution >= 0.6 is 0 Å². The van der Waals surface area contributed by atoms with Gasteiger partial charge < -0.3 is 8.83 Å². The van der Waals surface area contributed by atoms with E-state index in [9.17, 15) is 0 Å². The molecule has 472 valence electrons. The third-order valence-electron chi connectivity index (χ3n) is 20.6. The third-order valence-corrected chi connectivity index (χ3v) is 20.6. The van der Waals surface area contributed by atoms with Crippen molar-refractivity contribution in [2.45, 2.75) is 38.5 Å². The molecule has 0 bridgehead atoms. The maximum Gasteiger partial charge on any atom is 0.164 e. The second kappa shape index (κ2) is 22.9. The van der Waals surface area contributed by atoms with Crippen molar-refractivity contribution in [3.63, 3.8) is 0 Å². The molecular weight excluding hydrogens is 1220 g/mol. The summed E-state index contributed by atoms with van der Waals surface area (Å²) in [6.45, 7) is 9.24. The van der Waals surface area contributed by atoms with Gasteiger partial charge in [0.15, 0.2) is 34.9 Å². The number of rotatable bonds is 8. The van der Waals surface area contributed by atoms with Crippen molar-refractivity contribution in [3.05, 3.63) is 326 Å². The molecule has 0 atom stereocenters. The van der Waals surface area contributed by atoms with Gasteiger partial charge in [-0.2, -0.15) is 0 Å². The number of fused-ring (bicyclic) bond motifs is 15. The van der Waals surface area contributed by atoms with Gasteiger partial charge in [-0.15, -0.1) is 0 Å². The van der Waals surface area contributed by atoms with E-state index in [0.717, 1.165) is 110 Å². The fourth-order valence-corrected chi connectivity index (χ4v) is 15.5. The Morgan fingerprint density at radius 3 is 1.05 bits per heavy atom. The fraction of sp³-hybridized carbons (Fsp3) is 0.0652. The molecule has 8 nitrogen and oxygen atoms in total. The van der Waals surface area contributed by atoms with Crippen molar-refractivity contribution in [1.29, 1.82) is 0 Å². The number of nitrogens with zero attached hydrogens (tertiary/aromatic N) is 6. The van der Waals surface area contributed by atoms with Gasteiger partial charge in [-0.05, 0) is 155 Å². The van der Waals surface area contributed by atoms with Crippen LogP contribution < -0.4 is 0 Å². The van der Waals surface area contributed by atoms with Gasteiger partial charge in [-0.3, -0.25) is 0 Å². The highest BCUT2D eigenvalue weighted by atomic mass is 16.3. The Morgan fingerprint density at radius 2 is 0.560 bits per heavy atom. The van der Waals surface area contributed by atoms with E-state index in [4.69, 9.17) is 38.7 Å². The molecule has 0 saturated heterocycles. The number of aromatic nitrogens is 6. The highest BCUT2D eigenvalue weighted by Crippen LogP contribution is 2.53. The van der Waals surface area contributed by atoms with E-state index in [2.05, 4.69) is 289 Å². The molecule has 18 aromatic rings. The molecule has 0 aliphatic heterocycles. The summed E-state index contributed by atoms with van der Waals surface area (Å²) in [4.78, 5) is 30.6. The predicted octanol–water partition coefficient (Wildman–Crippen LogP) is 23.8. The highest BCUT2D eigenvalue weighted by molar-refractivity contribution is 6.14. The lowest BCUT2D eigenvalue weighted by Gasteiger charge is -2.21. The van der Waals surface area contributed by atoms with E-state index in [0.29, 0.717) is 34.9 Å². The van der Waals surface area contributed by atoms with E-state index in [1.807, 2.05) is 42.5 Å². The van der Waals surface area contributed by atoms with Crippen LogP contribution in [-0.2, 0) is 10.8 Å². The Kier molecular flexibility index (Phi) is 13.4. The first-order chi connectivity index (χ1) is 49.0. The molecule has 4 aromatic heterocycles. The molecular formula is C92H62N6O2. The van der Waals surface area contributed by atoms with Gasteiger partial charge in [0.2, 0.25) is 0 Å². The van der Waals surface area contributed by atoms with Gasteiger partial charge in [-0.1, -0.05) is 264 Å². The van der Waals surface area contributed by atoms with Gasteiger partial charge in [0, 0.05) is 65.8 Å². The van der Waals surface area contributed by atoms with Crippen molar-refractivity contribution in [2.24, 2.45) is 0 Å². The molecule has 0 fully saturated rings. The summed E-state index contributed by atoms with van der Waals surface area (Å²) in [6.07, 6.45) is 0. The summed E-state index contributed by atoms with van der Waals surface area (Å²) in [5.74, 6) is 3.71. The van der Waals surface area contributed by atoms with Crippen molar-refractivity contribution < 1.29 is 8.83 Å². The summed E-state index contributed by atoms with van der Waals surface area (Å²) in [7, 11) is 0. The van der Waals surface area contributed by atoms with Gasteiger partial charge in [-0.25, -0.2) is 29.9 Å². The summed E-state index contributed by atoms with van der Waals surface area (Å²) < 4.78 is 13.2. The molecule has 0 amide bonds. The molecule has 0 spiro atoms. The predicted molar refractivity (Wildman–Crippen MR) is 408 cm³/mol. The number of benzene rings is 14. The monoisotopic (exact) mass is 1280 g/mol. The lowest BCUT2D eigenvalue weighted by molar-refractivity contribution is 0.657. The first kappa shape index (κ1) is 58.6. The second-order valence-corrected chi connectivity index (χ2v) is 27.3. The van der Waals surface area contributed by atoms with Crippen LogP contribution in [0.15, 0.2) is 312 Å². The van der Waals surface area contributed by atoms with Crippen molar-refractivity contribution in [3.8, 4) is 113 Å². The van der Waals surface area contributed by atoms with E-state index in [1.54, 1.807) is 0 Å². The van der Waals surface area contributed by atoms with Crippen LogP contribution in [-0.4, -0.2) is 29.9 Å². The van der Waals surface area contributed by atoms with Crippen LogP contribution in [0.5, 0.6) is 0 Å². The minimum absolute atomic E-state index is 0.0777. The topological polar surface area (TPSA) is 104 Å². The molecule has 0 N–H and O–H groups in total. The molecule has 4 heterocycles. The zero-order valence-electron chi connectivity index (χ0n) is 55.4. The highest BCUT2D eigenvalue weighted by Gasteiger charge is 2.38. The first-order valence-corrected chi connectivity index (χ1v) is 34.0. The van der Waals surface area contributed by atoms with Gasteiger partial charge in [0.1, 0.15) is 22.3 Å². The molecule has 14 aromatic carbocycles. The van der Waals surface area contributed by atoms with Crippen LogP contribution in [0.3, 0.4) is 0 Å². The van der Waals surface area contributed by atoms with Crippen LogP contribution in [0.4, 0.5) is 0 Å². The van der Waals surface area contributed by atoms with Crippen LogP contribution in [0.1, 0.15) is 49.9 Å². The Bertz CT molecular complexity index is 6250. The minimum Gasteiger partial charge on any atom is -0.456 e. The summed E-state index contributed by atoms with van der Waals surface area (Å²) in [5, 5.41) is 9.05. The second-order valence-electron chi connectivity index (χ2n) is 27.3. The standard InChI is InChI=1S/C48H33N3O.C44H29N3O/c1-48(2)41-22-10-9-21-37(41)39-29-44-40(28-42(39)48)38-24-23-36(27-43(38)52-44)47-50-45(34-19-11-17-32(25-34)30-13-5-3-6-14-30)49-46(51-47)35-20-12-18-33(26-35)31-15-7-4-8-16-31;1-44(2)37-19-11-10-18-32(37)34-25-40-35(24-38(34)44)33-21-20-28(23-39(33)48-40)42-45-41(26-12-4-3-5-13-26)46-43(47-42)36-22-27-14-6-7-15-29(27)30-16-8-9-17-31(30)36/h3-29H,1-2H3;3-25H,1-2H3. The molecule has 0 saturated carbocycles. The Morgan fingerprint density at radius 1 is 0.200 bits per heavy atom. The molecule has 2 aliphatic carbocycles. The lowest BCUT2D eigenvalue weighted by atomic mass is 9.82. The first-order valence-electron chi connectivity index (χ1n) is 34.0. The summed E-state index contributed by atoms with van der Waals surface area (Å²) in [5.41, 5.74) is 23.7. The molecule has 100 heavy (non-hydrogen) atoms. The summed E-state index contributed by atoms with van der Waals surface area (Å²) in [6, 6.07) is 106. The van der Waals surface area contributed by atoms with Crippen LogP contribution in [0.25, 0.3) is 178 Å². The van der Waals surface area contributed by atoms with E-state index in [1.165, 1.54) is 55.3 Å². The van der Waals surface area contributed by atoms with Crippen LogP contribution in [0, 0.1) is 0 Å². The van der Waals surface area contributed by atoms with Crippen molar-refractivity contribution in [1.82, 2.24) is 29.9 Å². The maximum atomic E-state index is 6.61. The van der Waals surface area contributed by atoms with E-state index < -0.39 is 0 Å². The van der Waals surface area contributed by atoms with Gasteiger partial charge >= 0.3 is 0 Å². The molecule has 0 unspecified atom stereocenters. The average Bonchev–Trinajstić information content (AvgIpc) is 1.54. The number of furan rings is 2. The lowest BCUT2D eigenvalue weighted by Crippen LogP contribution is -2.14. The molecule has 0 radical (unpaired) electrons. The minimum atomic E-state index is -0.0863. The SMILES string of the molecule is CC1(C)c2ccccc2-c2cc3oc4cc(-c5nc(-c6cccc(-c7ccccc7)c6)nc(-c6cccc(-c7ccccc7)c6)n5)ccc4c3cc21.CC1(C)c2ccccc2-c2cc3oc4cc(-c5nc(-c6ccccc6)nc(-c6cc7ccccc7c7ccccc67)n5)ccc4c3cc21. The number of hydrogen-bond acceptors (Lipinski definition) is 8. The summed E-state index contributed by atoms with van der Waals surface area (Å²) >= 11 is 0. The normalized spacial score (nSPS) is 13.2.